The smallest absolute Gasteiger partial charge is 0.263 e. The first-order valence-electron chi connectivity index (χ1n) is 7.68. The van der Waals surface area contributed by atoms with Gasteiger partial charge in [0.05, 0.1) is 11.1 Å². The lowest BCUT2D eigenvalue weighted by molar-refractivity contribution is -0.113. The van der Waals surface area contributed by atoms with Crippen molar-refractivity contribution in [3.8, 4) is 0 Å². The molecule has 2 heterocycles. The van der Waals surface area contributed by atoms with Crippen LogP contribution >= 0.6 is 23.1 Å². The normalized spacial score (nSPS) is 10.8. The van der Waals surface area contributed by atoms with Crippen LogP contribution in [-0.2, 0) is 11.3 Å². The molecule has 7 heteroatoms. The van der Waals surface area contributed by atoms with Gasteiger partial charge in [0.15, 0.2) is 5.16 Å². The molecule has 2 aromatic heterocycles. The molecule has 3 rings (SSSR count). The molecule has 0 unspecified atom stereocenters. The van der Waals surface area contributed by atoms with Gasteiger partial charge >= 0.3 is 0 Å². The summed E-state index contributed by atoms with van der Waals surface area (Å²) in [5.74, 6) is 0.0343. The van der Waals surface area contributed by atoms with Gasteiger partial charge in [0.2, 0.25) is 5.91 Å². The van der Waals surface area contributed by atoms with Gasteiger partial charge in [-0.25, -0.2) is 4.98 Å². The number of nitrogens with zero attached hydrogens (tertiary/aromatic N) is 2. The fraction of sp³-hybridized carbons (Fsp3) is 0.167. The first-order valence-corrected chi connectivity index (χ1v) is 9.48. The number of rotatable bonds is 6. The van der Waals surface area contributed by atoms with Crippen LogP contribution in [0.1, 0.15) is 4.88 Å². The second-order valence-electron chi connectivity index (χ2n) is 5.38. The zero-order valence-corrected chi connectivity index (χ0v) is 15.3. The van der Waals surface area contributed by atoms with Crippen molar-refractivity contribution < 1.29 is 4.79 Å². The summed E-state index contributed by atoms with van der Waals surface area (Å²) in [5, 5.41) is 3.97. The molecule has 5 nitrogen and oxygen atoms in total. The number of nitrogens with one attached hydrogen (secondary N) is 1. The van der Waals surface area contributed by atoms with E-state index in [2.05, 4.69) is 16.9 Å². The highest BCUT2D eigenvalue weighted by atomic mass is 32.2. The summed E-state index contributed by atoms with van der Waals surface area (Å²) in [7, 11) is 0. The van der Waals surface area contributed by atoms with E-state index < -0.39 is 0 Å². The number of aromatic nitrogens is 2. The summed E-state index contributed by atoms with van der Waals surface area (Å²) in [6.45, 7) is 6.01. The van der Waals surface area contributed by atoms with Crippen LogP contribution in [0.2, 0.25) is 0 Å². The van der Waals surface area contributed by atoms with Gasteiger partial charge in [0.25, 0.3) is 5.56 Å². The Morgan fingerprint density at radius 1 is 1.40 bits per heavy atom. The fourth-order valence-corrected chi connectivity index (χ4v) is 4.10. The lowest BCUT2D eigenvalue weighted by atomic mass is 10.3. The summed E-state index contributed by atoms with van der Waals surface area (Å²) in [6.07, 6.45) is 1.65. The van der Waals surface area contributed by atoms with E-state index in [1.807, 2.05) is 43.3 Å². The minimum absolute atomic E-state index is 0.0970. The van der Waals surface area contributed by atoms with Crippen LogP contribution in [0, 0.1) is 6.92 Å². The summed E-state index contributed by atoms with van der Waals surface area (Å²) >= 11 is 2.73. The fourth-order valence-electron chi connectivity index (χ4n) is 2.37. The highest BCUT2D eigenvalue weighted by Crippen LogP contribution is 2.24. The maximum Gasteiger partial charge on any atom is 0.263 e. The Balaban J connectivity index is 1.82. The molecule has 0 aliphatic heterocycles. The number of allylic oxidation sites excluding steroid dienone is 1. The van der Waals surface area contributed by atoms with Gasteiger partial charge in [-0.1, -0.05) is 36.0 Å². The highest BCUT2D eigenvalue weighted by molar-refractivity contribution is 7.99. The third-order valence-corrected chi connectivity index (χ3v) is 5.36. The first kappa shape index (κ1) is 17.4. The molecular weight excluding hydrogens is 354 g/mol. The Labute approximate surface area is 153 Å². The van der Waals surface area contributed by atoms with E-state index in [0.29, 0.717) is 21.9 Å². The van der Waals surface area contributed by atoms with Crippen LogP contribution in [-0.4, -0.2) is 21.2 Å². The number of carbonyl (C=O) groups excluding carboxylic acids is 1. The number of carbonyl (C=O) groups is 1. The number of para-hydroxylation sites is 1. The van der Waals surface area contributed by atoms with Crippen LogP contribution in [0.5, 0.6) is 0 Å². The predicted octanol–water partition coefficient (Wildman–Crippen LogP) is 3.68. The molecule has 1 N–H and O–H groups in total. The Bertz CT molecular complexity index is 977. The number of fused-ring (bicyclic) bond motifs is 1. The Morgan fingerprint density at radius 2 is 2.16 bits per heavy atom. The molecular formula is C18H17N3O2S2. The lowest BCUT2D eigenvalue weighted by Gasteiger charge is -2.10. The number of amides is 1. The molecule has 0 fully saturated rings. The maximum absolute atomic E-state index is 12.7. The monoisotopic (exact) mass is 371 g/mol. The number of hydrogen-bond acceptors (Lipinski definition) is 5. The quantitative estimate of drug-likeness (QED) is 0.408. The lowest BCUT2D eigenvalue weighted by Crippen LogP contribution is -2.23. The number of thioether (sulfide) groups is 1. The molecule has 0 aliphatic carbocycles. The minimum Gasteiger partial charge on any atom is -0.325 e. The molecule has 1 amide bonds. The largest absolute Gasteiger partial charge is 0.325 e. The van der Waals surface area contributed by atoms with Crippen molar-refractivity contribution in [1.82, 2.24) is 9.55 Å². The van der Waals surface area contributed by atoms with E-state index in [-0.39, 0.29) is 17.2 Å². The van der Waals surface area contributed by atoms with E-state index in [4.69, 9.17) is 0 Å². The zero-order chi connectivity index (χ0) is 17.8. The van der Waals surface area contributed by atoms with E-state index in [1.54, 1.807) is 10.6 Å². The predicted molar refractivity (Wildman–Crippen MR) is 105 cm³/mol. The molecule has 0 radical (unpaired) electrons. The number of benzene rings is 1. The Kier molecular flexibility index (Phi) is 5.35. The molecule has 0 saturated carbocycles. The average Bonchev–Trinajstić information content (AvgIpc) is 2.97. The third-order valence-electron chi connectivity index (χ3n) is 3.44. The average molecular weight is 371 g/mol. The maximum atomic E-state index is 12.7. The second-order valence-corrected chi connectivity index (χ2v) is 7.55. The third kappa shape index (κ3) is 4.00. The minimum atomic E-state index is -0.141. The molecule has 128 valence electrons. The van der Waals surface area contributed by atoms with Gasteiger partial charge in [-0.15, -0.1) is 17.9 Å². The van der Waals surface area contributed by atoms with E-state index in [9.17, 15) is 9.59 Å². The van der Waals surface area contributed by atoms with Gasteiger partial charge in [0.1, 0.15) is 4.83 Å². The molecule has 25 heavy (non-hydrogen) atoms. The Hall–Kier alpha value is -2.38. The SMILES string of the molecule is C=CCn1c(SCC(=O)Nc2ccccc2)nc2sc(C)cc2c1=O. The Morgan fingerprint density at radius 3 is 2.88 bits per heavy atom. The summed E-state index contributed by atoms with van der Waals surface area (Å²) in [5.41, 5.74) is 0.647. The van der Waals surface area contributed by atoms with Crippen LogP contribution in [0.25, 0.3) is 10.2 Å². The van der Waals surface area contributed by atoms with Crippen molar-refractivity contribution in [2.24, 2.45) is 0 Å². The number of anilines is 1. The van der Waals surface area contributed by atoms with Crippen LogP contribution in [0.15, 0.2) is 59.0 Å². The van der Waals surface area contributed by atoms with E-state index >= 15 is 0 Å². The molecule has 0 saturated heterocycles. The molecule has 1 aromatic carbocycles. The zero-order valence-electron chi connectivity index (χ0n) is 13.7. The van der Waals surface area contributed by atoms with Gasteiger partial charge in [-0.2, -0.15) is 0 Å². The van der Waals surface area contributed by atoms with Gasteiger partial charge in [0, 0.05) is 17.1 Å². The van der Waals surface area contributed by atoms with Crippen LogP contribution in [0.4, 0.5) is 5.69 Å². The summed E-state index contributed by atoms with van der Waals surface area (Å²) in [4.78, 5) is 31.1. The van der Waals surface area contributed by atoms with Crippen molar-refractivity contribution in [3.63, 3.8) is 0 Å². The van der Waals surface area contributed by atoms with Gasteiger partial charge in [-0.3, -0.25) is 14.2 Å². The molecule has 0 aliphatic rings. The van der Waals surface area contributed by atoms with Crippen molar-refractivity contribution in [2.75, 3.05) is 11.1 Å². The number of aryl methyl sites for hydroxylation is 1. The van der Waals surface area contributed by atoms with Gasteiger partial charge in [-0.05, 0) is 25.1 Å². The highest BCUT2D eigenvalue weighted by Gasteiger charge is 2.14. The molecule has 0 spiro atoms. The van der Waals surface area contributed by atoms with Crippen molar-refractivity contribution >= 4 is 44.9 Å². The first-order chi connectivity index (χ1) is 12.1. The molecule has 0 atom stereocenters. The van der Waals surface area contributed by atoms with Gasteiger partial charge < -0.3 is 5.32 Å². The topological polar surface area (TPSA) is 64.0 Å². The van der Waals surface area contributed by atoms with Crippen molar-refractivity contribution in [1.29, 1.82) is 0 Å². The summed E-state index contributed by atoms with van der Waals surface area (Å²) < 4.78 is 1.56. The van der Waals surface area contributed by atoms with Crippen LogP contribution < -0.4 is 10.9 Å². The van der Waals surface area contributed by atoms with Crippen LogP contribution in [0.3, 0.4) is 0 Å². The van der Waals surface area contributed by atoms with E-state index in [1.165, 1.54) is 23.1 Å². The summed E-state index contributed by atoms with van der Waals surface area (Å²) in [6, 6.07) is 11.1. The van der Waals surface area contributed by atoms with E-state index in [0.717, 1.165) is 10.6 Å². The molecule has 3 aromatic rings. The standard InChI is InChI=1S/C18H17N3O2S2/c1-3-9-21-17(23)14-10-12(2)25-16(14)20-18(21)24-11-15(22)19-13-7-5-4-6-8-13/h3-8,10H,1,9,11H2,2H3,(H,19,22). The number of thiophene rings is 1. The second kappa shape index (κ2) is 7.67. The molecule has 0 bridgehead atoms. The van der Waals surface area contributed by atoms with Crippen molar-refractivity contribution in [3.05, 3.63) is 64.3 Å². The van der Waals surface area contributed by atoms with Crippen molar-refractivity contribution in [2.45, 2.75) is 18.6 Å². The number of hydrogen-bond donors (Lipinski definition) is 1.